The van der Waals surface area contributed by atoms with Crippen LogP contribution in [0.1, 0.15) is 31.2 Å². The molecule has 2 heterocycles. The molecule has 0 amide bonds. The minimum atomic E-state index is -0.267. The van der Waals surface area contributed by atoms with Crippen LogP contribution in [0.3, 0.4) is 0 Å². The molecule has 6 heteroatoms. The van der Waals surface area contributed by atoms with E-state index in [0.29, 0.717) is 24.2 Å². The third kappa shape index (κ3) is 3.55. The number of hydrogen-bond donors (Lipinski definition) is 0. The number of ether oxygens (including phenoxy) is 1. The normalized spacial score (nSPS) is 11.0. The molecule has 0 aliphatic heterocycles. The van der Waals surface area contributed by atoms with Crippen molar-refractivity contribution in [1.29, 1.82) is 0 Å². The summed E-state index contributed by atoms with van der Waals surface area (Å²) in [6.45, 7) is 4.40. The molecular weight excluding hydrogens is 348 g/mol. The van der Waals surface area contributed by atoms with Crippen LogP contribution in [-0.2, 0) is 22.5 Å². The van der Waals surface area contributed by atoms with E-state index in [1.165, 1.54) is 24.0 Å². The molecular formula is C20H22N2O3S. The molecule has 1 aromatic carbocycles. The number of thiophene rings is 1. The Morgan fingerprint density at radius 1 is 1.27 bits per heavy atom. The van der Waals surface area contributed by atoms with Gasteiger partial charge in [0.2, 0.25) is 0 Å². The van der Waals surface area contributed by atoms with Gasteiger partial charge in [-0.2, -0.15) is 0 Å². The Hall–Kier alpha value is -2.47. The Kier molecular flexibility index (Phi) is 5.52. The molecule has 0 aliphatic carbocycles. The number of nitrogens with zero attached hydrogens (tertiary/aromatic N) is 2. The van der Waals surface area contributed by atoms with Crippen molar-refractivity contribution in [3.8, 4) is 11.1 Å². The summed E-state index contributed by atoms with van der Waals surface area (Å²) in [5.41, 5.74) is 3.17. The molecule has 0 saturated carbocycles. The predicted octanol–water partition coefficient (Wildman–Crippen LogP) is 3.95. The molecule has 0 radical (unpaired) electrons. The van der Waals surface area contributed by atoms with Crippen molar-refractivity contribution < 1.29 is 9.53 Å². The van der Waals surface area contributed by atoms with Gasteiger partial charge in [-0.15, -0.1) is 11.3 Å². The van der Waals surface area contributed by atoms with Gasteiger partial charge in [-0.1, -0.05) is 31.2 Å². The lowest BCUT2D eigenvalue weighted by Gasteiger charge is -2.10. The first kappa shape index (κ1) is 18.3. The highest BCUT2D eigenvalue weighted by Crippen LogP contribution is 2.31. The number of aryl methyl sites for hydroxylation is 2. The zero-order valence-electron chi connectivity index (χ0n) is 15.2. The summed E-state index contributed by atoms with van der Waals surface area (Å²) >= 11 is 1.49. The average molecular weight is 370 g/mol. The summed E-state index contributed by atoms with van der Waals surface area (Å²) in [6.07, 6.45) is 1.82. The molecule has 3 rings (SSSR count). The summed E-state index contributed by atoms with van der Waals surface area (Å²) in [5.74, 6) is 0.402. The van der Waals surface area contributed by atoms with Gasteiger partial charge in [0.15, 0.2) is 0 Å². The van der Waals surface area contributed by atoms with E-state index in [4.69, 9.17) is 0 Å². The van der Waals surface area contributed by atoms with Crippen LogP contribution in [0.25, 0.3) is 21.3 Å². The van der Waals surface area contributed by atoms with Crippen LogP contribution >= 0.6 is 11.3 Å². The first-order chi connectivity index (χ1) is 12.5. The second-order valence-corrected chi connectivity index (χ2v) is 7.03. The van der Waals surface area contributed by atoms with E-state index in [1.807, 2.05) is 12.3 Å². The SMILES string of the molecule is CCc1ccc(-c2csc3nc(C)n(CCCC(=O)OC)c(=O)c23)cc1. The molecule has 3 aromatic rings. The van der Waals surface area contributed by atoms with Crippen LogP contribution in [0.5, 0.6) is 0 Å². The van der Waals surface area contributed by atoms with Crippen molar-refractivity contribution >= 4 is 27.5 Å². The molecule has 0 unspecified atom stereocenters. The van der Waals surface area contributed by atoms with Crippen molar-refractivity contribution in [2.24, 2.45) is 0 Å². The van der Waals surface area contributed by atoms with Gasteiger partial charge in [0.05, 0.1) is 12.5 Å². The van der Waals surface area contributed by atoms with Gasteiger partial charge < -0.3 is 4.74 Å². The molecule has 0 bridgehead atoms. The number of methoxy groups -OCH3 is 1. The number of rotatable bonds is 6. The van der Waals surface area contributed by atoms with Gasteiger partial charge >= 0.3 is 5.97 Å². The smallest absolute Gasteiger partial charge is 0.305 e. The molecule has 0 spiro atoms. The minimum absolute atomic E-state index is 0.0480. The zero-order chi connectivity index (χ0) is 18.7. The number of hydrogen-bond acceptors (Lipinski definition) is 5. The fourth-order valence-corrected chi connectivity index (χ4v) is 3.99. The fourth-order valence-electron chi connectivity index (χ4n) is 3.01. The van der Waals surface area contributed by atoms with Crippen LogP contribution in [-0.4, -0.2) is 22.6 Å². The zero-order valence-corrected chi connectivity index (χ0v) is 16.1. The van der Waals surface area contributed by atoms with E-state index in [0.717, 1.165) is 22.4 Å². The number of benzene rings is 1. The van der Waals surface area contributed by atoms with Gasteiger partial charge in [-0.25, -0.2) is 4.98 Å². The van der Waals surface area contributed by atoms with Crippen molar-refractivity contribution in [2.75, 3.05) is 7.11 Å². The lowest BCUT2D eigenvalue weighted by molar-refractivity contribution is -0.140. The quantitative estimate of drug-likeness (QED) is 0.617. The largest absolute Gasteiger partial charge is 0.469 e. The molecule has 26 heavy (non-hydrogen) atoms. The van der Waals surface area contributed by atoms with Crippen LogP contribution in [0, 0.1) is 6.92 Å². The van der Waals surface area contributed by atoms with Crippen molar-refractivity contribution in [3.63, 3.8) is 0 Å². The number of aromatic nitrogens is 2. The minimum Gasteiger partial charge on any atom is -0.469 e. The molecule has 2 aromatic heterocycles. The second kappa shape index (κ2) is 7.83. The maximum atomic E-state index is 13.1. The van der Waals surface area contributed by atoms with E-state index in [9.17, 15) is 9.59 Å². The third-order valence-electron chi connectivity index (χ3n) is 4.55. The molecule has 0 aliphatic rings. The van der Waals surface area contributed by atoms with E-state index in [2.05, 4.69) is 40.9 Å². The Bertz CT molecular complexity index is 987. The Morgan fingerprint density at radius 3 is 2.65 bits per heavy atom. The van der Waals surface area contributed by atoms with Crippen LogP contribution in [0.4, 0.5) is 0 Å². The molecule has 0 atom stereocenters. The standard InChI is InChI=1S/C20H22N2O3S/c1-4-14-7-9-15(10-8-14)16-12-26-19-18(16)20(24)22(13(2)21-19)11-5-6-17(23)25-3/h7-10,12H,4-6,11H2,1-3H3. The van der Waals surface area contributed by atoms with Gasteiger partial charge in [0.25, 0.3) is 5.56 Å². The highest BCUT2D eigenvalue weighted by Gasteiger charge is 2.15. The number of carbonyl (C=O) groups excluding carboxylic acids is 1. The molecule has 0 N–H and O–H groups in total. The molecule has 5 nitrogen and oxygen atoms in total. The Labute approximate surface area is 156 Å². The van der Waals surface area contributed by atoms with Gasteiger partial charge in [0.1, 0.15) is 10.7 Å². The van der Waals surface area contributed by atoms with Crippen LogP contribution in [0.15, 0.2) is 34.4 Å². The lowest BCUT2D eigenvalue weighted by atomic mass is 10.0. The molecule has 0 saturated heterocycles. The monoisotopic (exact) mass is 370 g/mol. The summed E-state index contributed by atoms with van der Waals surface area (Å²) < 4.78 is 6.32. The van der Waals surface area contributed by atoms with Gasteiger partial charge in [0, 0.05) is 23.9 Å². The summed E-state index contributed by atoms with van der Waals surface area (Å²) in [6, 6.07) is 8.30. The van der Waals surface area contributed by atoms with Crippen LogP contribution < -0.4 is 5.56 Å². The molecule has 136 valence electrons. The molecule has 0 fully saturated rings. The highest BCUT2D eigenvalue weighted by molar-refractivity contribution is 7.17. The van der Waals surface area contributed by atoms with E-state index in [-0.39, 0.29) is 17.9 Å². The lowest BCUT2D eigenvalue weighted by Crippen LogP contribution is -2.24. The third-order valence-corrected chi connectivity index (χ3v) is 5.42. The predicted molar refractivity (Wildman–Crippen MR) is 105 cm³/mol. The van der Waals surface area contributed by atoms with Gasteiger partial charge in [-0.05, 0) is 30.9 Å². The first-order valence-corrected chi connectivity index (χ1v) is 9.58. The number of esters is 1. The Morgan fingerprint density at radius 2 is 2.00 bits per heavy atom. The summed E-state index contributed by atoms with van der Waals surface area (Å²) in [7, 11) is 1.37. The summed E-state index contributed by atoms with van der Waals surface area (Å²) in [4.78, 5) is 29.8. The topological polar surface area (TPSA) is 61.2 Å². The van der Waals surface area contributed by atoms with E-state index in [1.54, 1.807) is 4.57 Å². The van der Waals surface area contributed by atoms with Gasteiger partial charge in [-0.3, -0.25) is 14.2 Å². The Balaban J connectivity index is 2.00. The maximum Gasteiger partial charge on any atom is 0.305 e. The second-order valence-electron chi connectivity index (χ2n) is 6.18. The van der Waals surface area contributed by atoms with Crippen LogP contribution in [0.2, 0.25) is 0 Å². The maximum absolute atomic E-state index is 13.1. The fraction of sp³-hybridized carbons (Fsp3) is 0.350. The number of fused-ring (bicyclic) bond motifs is 1. The van der Waals surface area contributed by atoms with E-state index < -0.39 is 0 Å². The highest BCUT2D eigenvalue weighted by atomic mass is 32.1. The van der Waals surface area contributed by atoms with Crippen molar-refractivity contribution in [2.45, 2.75) is 39.7 Å². The average Bonchev–Trinajstić information content (AvgIpc) is 3.08. The van der Waals surface area contributed by atoms with Crippen molar-refractivity contribution in [1.82, 2.24) is 9.55 Å². The van der Waals surface area contributed by atoms with Crippen molar-refractivity contribution in [3.05, 3.63) is 51.4 Å². The van der Waals surface area contributed by atoms with E-state index >= 15 is 0 Å². The summed E-state index contributed by atoms with van der Waals surface area (Å²) in [5, 5.41) is 2.65. The number of carbonyl (C=O) groups is 1. The first-order valence-electron chi connectivity index (χ1n) is 8.70.